The van der Waals surface area contributed by atoms with Gasteiger partial charge < -0.3 is 59.2 Å². The first-order valence-corrected chi connectivity index (χ1v) is 17.4. The molecule has 0 fully saturated rings. The molecular weight excluding hydrogens is 710 g/mol. The number of rotatable bonds is 23. The van der Waals surface area contributed by atoms with E-state index in [1.165, 1.54) is 19.4 Å². The number of imidazole rings is 1. The molecule has 0 unspecified atom stereocenters. The zero-order chi connectivity index (χ0) is 41.4. The van der Waals surface area contributed by atoms with Gasteiger partial charge in [0.25, 0.3) is 0 Å². The number of nitrogens with one attached hydrogen (secondary N) is 7. The molecule has 14 N–H and O–H groups in total. The van der Waals surface area contributed by atoms with Crippen molar-refractivity contribution >= 4 is 53.2 Å². The Morgan fingerprint density at radius 2 is 1.09 bits per heavy atom. The maximum absolute atomic E-state index is 13.8. The smallest absolute Gasteiger partial charge is 0.325 e. The molecule has 0 aliphatic heterocycles. The predicted octanol–water partition coefficient (Wildman–Crippen LogP) is -3.60. The molecule has 1 rings (SSSR count). The number of amides is 8. The molecular formula is C33H55N11O10. The van der Waals surface area contributed by atoms with Gasteiger partial charge >= 0.3 is 5.97 Å². The summed E-state index contributed by atoms with van der Waals surface area (Å²) in [5.74, 6) is -9.37. The molecule has 0 spiro atoms. The lowest BCUT2D eigenvalue weighted by atomic mass is 9.97. The monoisotopic (exact) mass is 765 g/mol. The van der Waals surface area contributed by atoms with E-state index in [0.717, 1.165) is 0 Å². The van der Waals surface area contributed by atoms with Crippen molar-refractivity contribution in [2.24, 2.45) is 35.0 Å². The fourth-order valence-corrected chi connectivity index (χ4v) is 4.95. The Morgan fingerprint density at radius 3 is 1.50 bits per heavy atom. The highest BCUT2D eigenvalue weighted by Gasteiger charge is 2.36. The van der Waals surface area contributed by atoms with Crippen LogP contribution in [0.3, 0.4) is 0 Å². The summed E-state index contributed by atoms with van der Waals surface area (Å²) in [5, 5.41) is 24.2. The van der Waals surface area contributed by atoms with Crippen molar-refractivity contribution in [2.75, 3.05) is 0 Å². The first kappa shape index (κ1) is 46.4. The summed E-state index contributed by atoms with van der Waals surface area (Å²) < 4.78 is 0. The van der Waals surface area contributed by atoms with Crippen molar-refractivity contribution in [2.45, 2.75) is 116 Å². The largest absolute Gasteiger partial charge is 0.480 e. The lowest BCUT2D eigenvalue weighted by molar-refractivity contribution is -0.142. The van der Waals surface area contributed by atoms with E-state index in [2.05, 4.69) is 41.9 Å². The Bertz CT molecular complexity index is 1500. The molecule has 0 bridgehead atoms. The molecule has 1 aromatic heterocycles. The number of carbonyl (C=O) groups excluding carboxylic acids is 8. The zero-order valence-electron chi connectivity index (χ0n) is 31.6. The first-order valence-electron chi connectivity index (χ1n) is 17.4. The first-order chi connectivity index (χ1) is 25.0. The van der Waals surface area contributed by atoms with Gasteiger partial charge in [0.15, 0.2) is 0 Å². The fourth-order valence-electron chi connectivity index (χ4n) is 4.95. The molecule has 0 aliphatic carbocycles. The second kappa shape index (κ2) is 21.8. The van der Waals surface area contributed by atoms with Crippen LogP contribution in [0.4, 0.5) is 0 Å². The van der Waals surface area contributed by atoms with E-state index in [0.29, 0.717) is 5.69 Å². The average Bonchev–Trinajstić information content (AvgIpc) is 3.58. The number of aliphatic carboxylic acids is 1. The quantitative estimate of drug-likeness (QED) is 0.0515. The maximum atomic E-state index is 13.8. The molecule has 21 nitrogen and oxygen atoms in total. The molecule has 0 aromatic carbocycles. The lowest BCUT2D eigenvalue weighted by Gasteiger charge is -2.30. The standard InChI is InChI=1S/C33H55N11O10/c1-14(2)24(43-32(52)26(16(5)6)44-31(51)25(15(3)4)42-27(47)19(34)11-23(36)46)30(50)41-21(10-18-12-37-13-38-18)29(49)40-20(8-9-22(35)45)28(48)39-17(7)33(53)54/h12-17,19-21,24-26H,8-11,34H2,1-7H3,(H2,35,45)(H2,36,46)(H,37,38)(H,39,48)(H,40,49)(H,41,50)(H,42,47)(H,43,52)(H,44,51)(H,53,54)/t17-,19-,20-,21-,24-,25-,26-/m0/s1. The van der Waals surface area contributed by atoms with Crippen molar-refractivity contribution in [3.63, 3.8) is 0 Å². The summed E-state index contributed by atoms with van der Waals surface area (Å²) in [6, 6.07) is -9.04. The number of hydrogen-bond donors (Lipinski definition) is 11. The third-order valence-electron chi connectivity index (χ3n) is 8.15. The zero-order valence-corrected chi connectivity index (χ0v) is 31.6. The summed E-state index contributed by atoms with van der Waals surface area (Å²) in [4.78, 5) is 121. The van der Waals surface area contributed by atoms with Gasteiger partial charge in [-0.25, -0.2) is 4.98 Å². The van der Waals surface area contributed by atoms with Crippen LogP contribution in [-0.4, -0.2) is 111 Å². The number of nitrogens with two attached hydrogens (primary N) is 3. The Kier molecular flexibility index (Phi) is 18.8. The van der Waals surface area contributed by atoms with Crippen LogP contribution in [0.2, 0.25) is 0 Å². The molecule has 54 heavy (non-hydrogen) atoms. The summed E-state index contributed by atoms with van der Waals surface area (Å²) in [6.07, 6.45) is 1.51. The number of nitrogens with zero attached hydrogens (tertiary/aromatic N) is 1. The lowest BCUT2D eigenvalue weighted by Crippen LogP contribution is -2.62. The van der Waals surface area contributed by atoms with E-state index in [-0.39, 0.29) is 19.3 Å². The number of carbonyl (C=O) groups is 9. The highest BCUT2D eigenvalue weighted by molar-refractivity contribution is 5.97. The van der Waals surface area contributed by atoms with E-state index in [9.17, 15) is 48.3 Å². The van der Waals surface area contributed by atoms with Crippen LogP contribution in [-0.2, 0) is 49.6 Å². The Balaban J connectivity index is 3.28. The van der Waals surface area contributed by atoms with Crippen molar-refractivity contribution < 1.29 is 48.3 Å². The third kappa shape index (κ3) is 15.6. The number of H-pyrrole nitrogens is 1. The topological polar surface area (TPSA) is 353 Å². The van der Waals surface area contributed by atoms with Crippen LogP contribution < -0.4 is 49.1 Å². The Hall–Kier alpha value is -5.60. The van der Waals surface area contributed by atoms with Gasteiger partial charge in [-0.2, -0.15) is 0 Å². The number of aromatic amines is 1. The second-order valence-electron chi connectivity index (χ2n) is 13.9. The summed E-state index contributed by atoms with van der Waals surface area (Å²) in [5.41, 5.74) is 16.5. The van der Waals surface area contributed by atoms with Gasteiger partial charge in [-0.05, 0) is 31.1 Å². The van der Waals surface area contributed by atoms with Crippen molar-refractivity contribution in [3.05, 3.63) is 18.2 Å². The SMILES string of the molecule is CC(C)[C@H](NC(=O)[C@@H](NC(=O)[C@@H](NC(=O)[C@@H](N)CC(N)=O)C(C)C)C(C)C)C(=O)N[C@@H](Cc1cnc[nH]1)C(=O)N[C@@H](CCC(N)=O)C(=O)N[C@@H](C)C(=O)O. The van der Waals surface area contributed by atoms with Gasteiger partial charge in [0.1, 0.15) is 36.3 Å². The maximum Gasteiger partial charge on any atom is 0.325 e. The minimum atomic E-state index is -1.41. The van der Waals surface area contributed by atoms with Crippen LogP contribution >= 0.6 is 0 Å². The van der Waals surface area contributed by atoms with Crippen molar-refractivity contribution in [3.8, 4) is 0 Å². The number of carboxylic acid groups (broad SMARTS) is 1. The van der Waals surface area contributed by atoms with Crippen molar-refractivity contribution in [1.82, 2.24) is 41.9 Å². The number of carboxylic acids is 1. The van der Waals surface area contributed by atoms with Gasteiger partial charge in [0.2, 0.25) is 47.3 Å². The van der Waals surface area contributed by atoms with Gasteiger partial charge in [-0.3, -0.25) is 43.2 Å². The van der Waals surface area contributed by atoms with E-state index < -0.39 is 120 Å². The molecule has 21 heteroatoms. The normalized spacial score (nSPS) is 15.1. The number of primary amides is 2. The second-order valence-corrected chi connectivity index (χ2v) is 13.9. The minimum Gasteiger partial charge on any atom is -0.480 e. The summed E-state index contributed by atoms with van der Waals surface area (Å²) in [6.45, 7) is 11.0. The average molecular weight is 766 g/mol. The van der Waals surface area contributed by atoms with Crippen LogP contribution in [0.5, 0.6) is 0 Å². The van der Waals surface area contributed by atoms with Gasteiger partial charge in [-0.15, -0.1) is 0 Å². The van der Waals surface area contributed by atoms with Crippen molar-refractivity contribution in [1.29, 1.82) is 0 Å². The molecule has 0 aliphatic rings. The summed E-state index contributed by atoms with van der Waals surface area (Å²) >= 11 is 0. The van der Waals surface area contributed by atoms with Crippen LogP contribution in [0, 0.1) is 17.8 Å². The predicted molar refractivity (Wildman–Crippen MR) is 192 cm³/mol. The van der Waals surface area contributed by atoms with Crippen LogP contribution in [0.25, 0.3) is 0 Å². The molecule has 0 saturated carbocycles. The third-order valence-corrected chi connectivity index (χ3v) is 8.15. The van der Waals surface area contributed by atoms with E-state index in [1.807, 2.05) is 0 Å². The highest BCUT2D eigenvalue weighted by atomic mass is 16.4. The highest BCUT2D eigenvalue weighted by Crippen LogP contribution is 2.11. The molecule has 1 aromatic rings. The molecule has 7 atom stereocenters. The molecule has 8 amide bonds. The number of aromatic nitrogens is 2. The number of hydrogen-bond acceptors (Lipinski definition) is 11. The minimum absolute atomic E-state index is 0.165. The molecule has 1 heterocycles. The molecule has 302 valence electrons. The molecule has 0 saturated heterocycles. The van der Waals surface area contributed by atoms with Gasteiger partial charge in [0, 0.05) is 24.7 Å². The molecule has 0 radical (unpaired) electrons. The van der Waals surface area contributed by atoms with E-state index in [1.54, 1.807) is 41.5 Å². The van der Waals surface area contributed by atoms with Gasteiger partial charge in [0.05, 0.1) is 18.8 Å². The van der Waals surface area contributed by atoms with E-state index in [4.69, 9.17) is 17.2 Å². The Labute approximate surface area is 312 Å². The van der Waals surface area contributed by atoms with E-state index >= 15 is 0 Å². The fraction of sp³-hybridized carbons (Fsp3) is 0.636. The van der Waals surface area contributed by atoms with Gasteiger partial charge in [-0.1, -0.05) is 41.5 Å². The van der Waals surface area contributed by atoms with Crippen LogP contribution in [0.15, 0.2) is 12.5 Å². The Morgan fingerprint density at radius 1 is 0.648 bits per heavy atom. The summed E-state index contributed by atoms with van der Waals surface area (Å²) in [7, 11) is 0. The van der Waals surface area contributed by atoms with Crippen LogP contribution in [0.1, 0.15) is 73.4 Å².